The number of halogens is 1. The SMILES string of the molecule is CCOc1ccc(NC(=O)c2ccc(NS(=O)(=O)c3ccc(C)cc3)cc2Cl)cc1. The van der Waals surface area contributed by atoms with Crippen LogP contribution in [-0.2, 0) is 10.0 Å². The Hall–Kier alpha value is -3.03. The van der Waals surface area contributed by atoms with Crippen LogP contribution in [0.4, 0.5) is 11.4 Å². The fraction of sp³-hybridized carbons (Fsp3) is 0.136. The highest BCUT2D eigenvalue weighted by atomic mass is 35.5. The van der Waals surface area contributed by atoms with Crippen molar-refractivity contribution in [3.8, 4) is 5.75 Å². The van der Waals surface area contributed by atoms with Gasteiger partial charge in [-0.2, -0.15) is 0 Å². The molecule has 0 aliphatic carbocycles. The molecule has 3 rings (SSSR count). The van der Waals surface area contributed by atoms with Crippen molar-refractivity contribution in [2.75, 3.05) is 16.6 Å². The number of hydrogen-bond acceptors (Lipinski definition) is 4. The lowest BCUT2D eigenvalue weighted by atomic mass is 10.2. The topological polar surface area (TPSA) is 84.5 Å². The summed E-state index contributed by atoms with van der Waals surface area (Å²) in [5.74, 6) is 0.302. The van der Waals surface area contributed by atoms with E-state index >= 15 is 0 Å². The monoisotopic (exact) mass is 444 g/mol. The molecule has 0 heterocycles. The Morgan fingerprint density at radius 2 is 1.60 bits per heavy atom. The van der Waals surface area contributed by atoms with Crippen molar-refractivity contribution >= 4 is 38.9 Å². The van der Waals surface area contributed by atoms with Crippen LogP contribution in [0.3, 0.4) is 0 Å². The van der Waals surface area contributed by atoms with E-state index in [0.717, 1.165) is 5.56 Å². The largest absolute Gasteiger partial charge is 0.494 e. The van der Waals surface area contributed by atoms with Crippen molar-refractivity contribution in [2.45, 2.75) is 18.7 Å². The third-order valence-electron chi connectivity index (χ3n) is 4.22. The predicted molar refractivity (Wildman–Crippen MR) is 119 cm³/mol. The highest BCUT2D eigenvalue weighted by Gasteiger charge is 2.16. The summed E-state index contributed by atoms with van der Waals surface area (Å²) in [6.45, 7) is 4.32. The molecule has 3 aromatic carbocycles. The number of ether oxygens (including phenoxy) is 1. The zero-order chi connectivity index (χ0) is 21.7. The van der Waals surface area contributed by atoms with Gasteiger partial charge in [-0.1, -0.05) is 29.3 Å². The molecule has 30 heavy (non-hydrogen) atoms. The number of rotatable bonds is 7. The first-order valence-electron chi connectivity index (χ1n) is 9.22. The summed E-state index contributed by atoms with van der Waals surface area (Å²) in [5, 5.41) is 2.88. The number of anilines is 2. The minimum absolute atomic E-state index is 0.127. The third kappa shape index (κ3) is 5.31. The molecule has 0 saturated heterocycles. The van der Waals surface area contributed by atoms with Crippen LogP contribution >= 0.6 is 11.6 Å². The quantitative estimate of drug-likeness (QED) is 0.531. The number of benzene rings is 3. The lowest BCUT2D eigenvalue weighted by molar-refractivity contribution is 0.102. The molecular formula is C22H21ClN2O4S. The summed E-state index contributed by atoms with van der Waals surface area (Å²) in [6.07, 6.45) is 0. The molecule has 0 aromatic heterocycles. The summed E-state index contributed by atoms with van der Waals surface area (Å²) in [6, 6.07) is 17.8. The lowest BCUT2D eigenvalue weighted by Gasteiger charge is -2.11. The fourth-order valence-corrected chi connectivity index (χ4v) is 4.01. The third-order valence-corrected chi connectivity index (χ3v) is 5.93. The smallest absolute Gasteiger partial charge is 0.261 e. The van der Waals surface area contributed by atoms with Gasteiger partial charge in [0.25, 0.3) is 15.9 Å². The number of hydrogen-bond donors (Lipinski definition) is 2. The minimum Gasteiger partial charge on any atom is -0.494 e. The van der Waals surface area contributed by atoms with Crippen LogP contribution in [0.2, 0.25) is 5.02 Å². The van der Waals surface area contributed by atoms with Crippen LogP contribution < -0.4 is 14.8 Å². The van der Waals surface area contributed by atoms with Crippen molar-refractivity contribution < 1.29 is 17.9 Å². The van der Waals surface area contributed by atoms with E-state index in [-0.39, 0.29) is 21.2 Å². The van der Waals surface area contributed by atoms with E-state index in [1.54, 1.807) is 36.4 Å². The molecule has 0 atom stereocenters. The van der Waals surface area contributed by atoms with Crippen LogP contribution in [-0.4, -0.2) is 20.9 Å². The fourth-order valence-electron chi connectivity index (χ4n) is 2.69. The van der Waals surface area contributed by atoms with Gasteiger partial charge in [0, 0.05) is 5.69 Å². The van der Waals surface area contributed by atoms with Crippen LogP contribution in [0, 0.1) is 6.92 Å². The van der Waals surface area contributed by atoms with Gasteiger partial charge < -0.3 is 10.1 Å². The maximum atomic E-state index is 12.5. The standard InChI is InChI=1S/C22H21ClN2O4S/c1-3-29-18-9-6-16(7-10-18)24-22(26)20-13-8-17(14-21(20)23)25-30(27,28)19-11-4-15(2)5-12-19/h4-14,25H,3H2,1-2H3,(H,24,26). The Kier molecular flexibility index (Phi) is 6.64. The second-order valence-electron chi connectivity index (χ2n) is 6.52. The van der Waals surface area contributed by atoms with Crippen LogP contribution in [0.5, 0.6) is 5.75 Å². The maximum Gasteiger partial charge on any atom is 0.261 e. The Morgan fingerprint density at radius 3 is 2.20 bits per heavy atom. The molecule has 0 aliphatic heterocycles. The van der Waals surface area contributed by atoms with Crippen molar-refractivity contribution in [1.82, 2.24) is 0 Å². The van der Waals surface area contributed by atoms with E-state index in [9.17, 15) is 13.2 Å². The van der Waals surface area contributed by atoms with Gasteiger partial charge in [-0.25, -0.2) is 8.42 Å². The van der Waals surface area contributed by atoms with Gasteiger partial charge >= 0.3 is 0 Å². The molecule has 0 aliphatic rings. The Morgan fingerprint density at radius 1 is 0.967 bits per heavy atom. The zero-order valence-electron chi connectivity index (χ0n) is 16.5. The highest BCUT2D eigenvalue weighted by Crippen LogP contribution is 2.25. The van der Waals surface area contributed by atoms with E-state index in [1.165, 1.54) is 30.3 Å². The lowest BCUT2D eigenvalue weighted by Crippen LogP contribution is -2.15. The number of aryl methyl sites for hydroxylation is 1. The molecule has 0 spiro atoms. The summed E-state index contributed by atoms with van der Waals surface area (Å²) in [4.78, 5) is 12.7. The number of amides is 1. The molecule has 3 aromatic rings. The van der Waals surface area contributed by atoms with E-state index in [2.05, 4.69) is 10.0 Å². The van der Waals surface area contributed by atoms with Gasteiger partial charge in [0.05, 0.1) is 27.8 Å². The summed E-state index contributed by atoms with van der Waals surface area (Å²) < 4.78 is 32.9. The van der Waals surface area contributed by atoms with E-state index in [4.69, 9.17) is 16.3 Å². The predicted octanol–water partition coefficient (Wildman–Crippen LogP) is 5.10. The average Bonchev–Trinajstić information content (AvgIpc) is 2.69. The molecule has 0 radical (unpaired) electrons. The molecule has 0 unspecified atom stereocenters. The molecule has 156 valence electrons. The minimum atomic E-state index is -3.76. The van der Waals surface area contributed by atoms with Crippen molar-refractivity contribution in [3.63, 3.8) is 0 Å². The van der Waals surface area contributed by atoms with E-state index in [0.29, 0.717) is 18.0 Å². The van der Waals surface area contributed by atoms with Crippen molar-refractivity contribution in [3.05, 3.63) is 82.9 Å². The van der Waals surface area contributed by atoms with Crippen molar-refractivity contribution in [1.29, 1.82) is 0 Å². The summed E-state index contributed by atoms with van der Waals surface area (Å²) >= 11 is 6.24. The van der Waals surface area contributed by atoms with Crippen LogP contribution in [0.25, 0.3) is 0 Å². The maximum absolute atomic E-state index is 12.5. The molecule has 2 N–H and O–H groups in total. The van der Waals surface area contributed by atoms with Gasteiger partial charge in [0.2, 0.25) is 0 Å². The number of carbonyl (C=O) groups is 1. The first kappa shape index (κ1) is 21.7. The van der Waals surface area contributed by atoms with Gasteiger partial charge in [0.1, 0.15) is 5.75 Å². The Bertz CT molecular complexity index is 1140. The molecule has 0 bridgehead atoms. The highest BCUT2D eigenvalue weighted by molar-refractivity contribution is 7.92. The summed E-state index contributed by atoms with van der Waals surface area (Å²) in [7, 11) is -3.76. The number of nitrogens with one attached hydrogen (secondary N) is 2. The molecule has 8 heteroatoms. The molecule has 0 fully saturated rings. The first-order chi connectivity index (χ1) is 14.3. The number of sulfonamides is 1. The summed E-state index contributed by atoms with van der Waals surface area (Å²) in [5.41, 5.74) is 2.03. The molecular weight excluding hydrogens is 424 g/mol. The zero-order valence-corrected chi connectivity index (χ0v) is 18.0. The molecule has 1 amide bonds. The Labute approximate surface area is 180 Å². The molecule has 0 saturated carbocycles. The normalized spacial score (nSPS) is 11.0. The van der Waals surface area contributed by atoms with Gasteiger partial charge in [0.15, 0.2) is 0 Å². The molecule has 6 nitrogen and oxygen atoms in total. The van der Waals surface area contributed by atoms with Crippen LogP contribution in [0.1, 0.15) is 22.8 Å². The van der Waals surface area contributed by atoms with E-state index < -0.39 is 15.9 Å². The average molecular weight is 445 g/mol. The van der Waals surface area contributed by atoms with Crippen LogP contribution in [0.15, 0.2) is 71.6 Å². The van der Waals surface area contributed by atoms with Crippen molar-refractivity contribution in [2.24, 2.45) is 0 Å². The van der Waals surface area contributed by atoms with Gasteiger partial charge in [-0.3, -0.25) is 9.52 Å². The van der Waals surface area contributed by atoms with Gasteiger partial charge in [-0.05, 0) is 68.4 Å². The second-order valence-corrected chi connectivity index (χ2v) is 8.61. The second kappa shape index (κ2) is 9.19. The first-order valence-corrected chi connectivity index (χ1v) is 11.1. The Balaban J connectivity index is 1.72. The van der Waals surface area contributed by atoms with E-state index in [1.807, 2.05) is 13.8 Å². The number of carbonyl (C=O) groups excluding carboxylic acids is 1. The van der Waals surface area contributed by atoms with Gasteiger partial charge in [-0.15, -0.1) is 0 Å².